The van der Waals surface area contributed by atoms with Gasteiger partial charge in [0.2, 0.25) is 5.91 Å². The Labute approximate surface area is 203 Å². The minimum Gasteiger partial charge on any atom is -0.311 e. The topological polar surface area (TPSA) is 91.4 Å². The van der Waals surface area contributed by atoms with Crippen LogP contribution in [-0.2, 0) is 21.2 Å². The monoisotopic (exact) mass is 514 g/mol. The van der Waals surface area contributed by atoms with E-state index in [9.17, 15) is 13.2 Å². The summed E-state index contributed by atoms with van der Waals surface area (Å²) in [7, 11) is -3.73. The Morgan fingerprint density at radius 1 is 1.16 bits per heavy atom. The van der Waals surface area contributed by atoms with Gasteiger partial charge in [0.15, 0.2) is 5.13 Å². The number of nitrogens with zero attached hydrogens (tertiary/aromatic N) is 2. The standard InChI is InChI=1S/C21H20Cl2N4O3S2.2H2/c22-17-2-1-3-18(23)16(17)8-10-24-19-9-12-27(20(19)28)14-4-6-15(7-5-14)32(29,30)26-21-25-11-13-31-21;;/h1-7,11,13,19,24H,8-10,12H2,(H,25,26);2*1H/t19-;;/m0../s1. The van der Waals surface area contributed by atoms with Crippen LogP contribution in [0.3, 0.4) is 0 Å². The lowest BCUT2D eigenvalue weighted by Crippen LogP contribution is -2.39. The molecule has 1 saturated heterocycles. The predicted octanol–water partition coefficient (Wildman–Crippen LogP) is 4.68. The van der Waals surface area contributed by atoms with Crippen LogP contribution in [0, 0.1) is 0 Å². The smallest absolute Gasteiger partial charge is 0.263 e. The summed E-state index contributed by atoms with van der Waals surface area (Å²) in [4.78, 5) is 18.5. The quantitative estimate of drug-likeness (QED) is 0.455. The fourth-order valence-electron chi connectivity index (χ4n) is 3.52. The molecule has 4 rings (SSSR count). The van der Waals surface area contributed by atoms with Crippen LogP contribution in [0.1, 0.15) is 14.8 Å². The van der Waals surface area contributed by atoms with Gasteiger partial charge in [0.05, 0.1) is 10.9 Å². The second kappa shape index (κ2) is 9.76. The molecule has 3 aromatic rings. The number of amides is 1. The third-order valence-electron chi connectivity index (χ3n) is 5.15. The van der Waals surface area contributed by atoms with Crippen molar-refractivity contribution in [2.24, 2.45) is 0 Å². The van der Waals surface area contributed by atoms with Crippen LogP contribution in [0.2, 0.25) is 10.0 Å². The van der Waals surface area contributed by atoms with Gasteiger partial charge < -0.3 is 10.2 Å². The first-order chi connectivity index (χ1) is 15.3. The van der Waals surface area contributed by atoms with E-state index >= 15 is 0 Å². The second-order valence-corrected chi connectivity index (χ2v) is 10.6. The van der Waals surface area contributed by atoms with Gasteiger partial charge in [-0.05, 0) is 54.8 Å². The number of aromatic nitrogens is 1. The van der Waals surface area contributed by atoms with E-state index in [0.717, 1.165) is 5.56 Å². The molecule has 11 heteroatoms. The number of rotatable bonds is 8. The lowest BCUT2D eigenvalue weighted by molar-refractivity contribution is -0.118. The number of carbonyl (C=O) groups is 1. The van der Waals surface area contributed by atoms with Crippen molar-refractivity contribution in [3.05, 3.63) is 69.7 Å². The number of nitrogens with one attached hydrogen (secondary N) is 2. The van der Waals surface area contributed by atoms with E-state index < -0.39 is 10.0 Å². The van der Waals surface area contributed by atoms with E-state index in [-0.39, 0.29) is 19.7 Å². The van der Waals surface area contributed by atoms with Crippen LogP contribution in [0.15, 0.2) is 58.9 Å². The highest BCUT2D eigenvalue weighted by Crippen LogP contribution is 2.26. The Hall–Kier alpha value is -2.17. The fraction of sp³-hybridized carbons (Fsp3) is 0.238. The van der Waals surface area contributed by atoms with Gasteiger partial charge in [0.25, 0.3) is 10.0 Å². The highest BCUT2D eigenvalue weighted by molar-refractivity contribution is 7.93. The highest BCUT2D eigenvalue weighted by Gasteiger charge is 2.32. The molecular formula is C21H24Cl2N4O3S2. The first-order valence-corrected chi connectivity index (χ1v) is 13.0. The molecule has 0 radical (unpaired) electrons. The summed E-state index contributed by atoms with van der Waals surface area (Å²) in [5.41, 5.74) is 1.51. The number of halogens is 2. The average molecular weight is 515 g/mol. The Morgan fingerprint density at radius 3 is 2.53 bits per heavy atom. The molecule has 32 heavy (non-hydrogen) atoms. The zero-order valence-corrected chi connectivity index (χ0v) is 19.9. The van der Waals surface area contributed by atoms with Gasteiger partial charge in [-0.15, -0.1) is 11.3 Å². The molecule has 1 aliphatic heterocycles. The molecule has 0 unspecified atom stereocenters. The zero-order valence-electron chi connectivity index (χ0n) is 16.8. The summed E-state index contributed by atoms with van der Waals surface area (Å²) in [6.45, 7) is 1.11. The summed E-state index contributed by atoms with van der Waals surface area (Å²) >= 11 is 13.6. The van der Waals surface area contributed by atoms with Gasteiger partial charge in [-0.3, -0.25) is 9.52 Å². The third kappa shape index (κ3) is 5.07. The molecule has 0 aliphatic carbocycles. The minimum absolute atomic E-state index is 0. The molecule has 0 bridgehead atoms. The first-order valence-electron chi connectivity index (χ1n) is 9.85. The zero-order chi connectivity index (χ0) is 22.7. The van der Waals surface area contributed by atoms with E-state index in [1.807, 2.05) is 0 Å². The molecule has 2 heterocycles. The van der Waals surface area contributed by atoms with E-state index in [2.05, 4.69) is 15.0 Å². The molecule has 1 aliphatic rings. The van der Waals surface area contributed by atoms with Crippen molar-refractivity contribution in [1.82, 2.24) is 10.3 Å². The molecule has 2 aromatic carbocycles. The molecule has 7 nitrogen and oxygen atoms in total. The number of carbonyl (C=O) groups excluding carboxylic acids is 1. The summed E-state index contributed by atoms with van der Waals surface area (Å²) < 4.78 is 27.4. The molecule has 0 saturated carbocycles. The second-order valence-electron chi connectivity index (χ2n) is 7.17. The molecule has 1 fully saturated rings. The molecule has 2 N–H and O–H groups in total. The fourth-order valence-corrected chi connectivity index (χ4v) is 5.90. The normalized spacial score (nSPS) is 16.5. The summed E-state index contributed by atoms with van der Waals surface area (Å²) in [5.74, 6) is -0.0493. The van der Waals surface area contributed by atoms with Crippen molar-refractivity contribution < 1.29 is 16.1 Å². The largest absolute Gasteiger partial charge is 0.311 e. The van der Waals surface area contributed by atoms with Crippen molar-refractivity contribution in [3.8, 4) is 0 Å². The number of anilines is 2. The number of benzene rings is 2. The third-order valence-corrected chi connectivity index (χ3v) is 8.03. The SMILES string of the molecule is O=C1[C@@H](NCCc2c(Cl)cccc2Cl)CCN1c1ccc(S(=O)(=O)Nc2nccs2)cc1.[HH].[HH]. The number of hydrogen-bond acceptors (Lipinski definition) is 6. The average Bonchev–Trinajstić information content (AvgIpc) is 3.40. The molecule has 1 aromatic heterocycles. The van der Waals surface area contributed by atoms with Crippen LogP contribution in [0.4, 0.5) is 10.8 Å². The Kier molecular flexibility index (Phi) is 7.02. The van der Waals surface area contributed by atoms with Crippen LogP contribution in [-0.4, -0.2) is 38.4 Å². The lowest BCUT2D eigenvalue weighted by atomic mass is 10.1. The number of thiazole rings is 1. The summed E-state index contributed by atoms with van der Waals surface area (Å²) in [5, 5.41) is 6.48. The summed E-state index contributed by atoms with van der Waals surface area (Å²) in [6, 6.07) is 11.3. The predicted molar refractivity (Wildman–Crippen MR) is 133 cm³/mol. The van der Waals surface area contributed by atoms with Gasteiger partial charge >= 0.3 is 0 Å². The van der Waals surface area contributed by atoms with Crippen molar-refractivity contribution in [2.75, 3.05) is 22.7 Å². The Morgan fingerprint density at radius 2 is 1.88 bits per heavy atom. The maximum absolute atomic E-state index is 12.8. The molecule has 172 valence electrons. The van der Waals surface area contributed by atoms with Crippen LogP contribution >= 0.6 is 34.5 Å². The first kappa shape index (κ1) is 23.0. The van der Waals surface area contributed by atoms with Gasteiger partial charge in [0, 0.05) is 43.3 Å². The lowest BCUT2D eigenvalue weighted by Gasteiger charge is -2.18. The van der Waals surface area contributed by atoms with Crippen molar-refractivity contribution >= 4 is 61.3 Å². The summed E-state index contributed by atoms with van der Waals surface area (Å²) in [6.07, 6.45) is 2.79. The highest BCUT2D eigenvalue weighted by atomic mass is 35.5. The van der Waals surface area contributed by atoms with Crippen molar-refractivity contribution in [1.29, 1.82) is 0 Å². The van der Waals surface area contributed by atoms with Gasteiger partial charge in [-0.25, -0.2) is 13.4 Å². The molecule has 0 spiro atoms. The van der Waals surface area contributed by atoms with Crippen molar-refractivity contribution in [3.63, 3.8) is 0 Å². The molecule has 1 amide bonds. The van der Waals surface area contributed by atoms with E-state index in [1.165, 1.54) is 29.7 Å². The molecule has 1 atom stereocenters. The van der Waals surface area contributed by atoms with E-state index in [0.29, 0.717) is 46.8 Å². The maximum Gasteiger partial charge on any atom is 0.263 e. The Balaban J connectivity index is 0.00000204. The maximum atomic E-state index is 12.8. The molecular weight excluding hydrogens is 491 g/mol. The van der Waals surface area contributed by atoms with Crippen molar-refractivity contribution in [2.45, 2.75) is 23.8 Å². The van der Waals surface area contributed by atoms with E-state index in [4.69, 9.17) is 23.2 Å². The van der Waals surface area contributed by atoms with Crippen LogP contribution < -0.4 is 14.9 Å². The van der Waals surface area contributed by atoms with Crippen LogP contribution in [0.5, 0.6) is 0 Å². The van der Waals surface area contributed by atoms with Gasteiger partial charge in [-0.2, -0.15) is 0 Å². The van der Waals surface area contributed by atoms with E-state index in [1.54, 1.807) is 40.6 Å². The van der Waals surface area contributed by atoms with Gasteiger partial charge in [-0.1, -0.05) is 29.3 Å². The van der Waals surface area contributed by atoms with Crippen LogP contribution in [0.25, 0.3) is 0 Å². The Bertz CT molecular complexity index is 1190. The number of sulfonamides is 1. The minimum atomic E-state index is -3.73. The van der Waals surface area contributed by atoms with Gasteiger partial charge in [0.1, 0.15) is 0 Å². The number of hydrogen-bond donors (Lipinski definition) is 2.